The predicted octanol–water partition coefficient (Wildman–Crippen LogP) is 1.08. The van der Waals surface area contributed by atoms with Gasteiger partial charge >= 0.3 is 0 Å². The van der Waals surface area contributed by atoms with Gasteiger partial charge in [-0.05, 0) is 6.42 Å². The summed E-state index contributed by atoms with van der Waals surface area (Å²) in [5.74, 6) is 0.677. The largest absolute Gasteiger partial charge is 0.340 e. The molecule has 1 atom stereocenters. The molecule has 15 heavy (non-hydrogen) atoms. The third kappa shape index (κ3) is 2.11. The summed E-state index contributed by atoms with van der Waals surface area (Å²) in [4.78, 5) is 20.5. The lowest BCUT2D eigenvalue weighted by molar-refractivity contribution is 0.112. The molecule has 0 bridgehead atoms. The summed E-state index contributed by atoms with van der Waals surface area (Å²) in [6, 6.07) is 0. The smallest absolute Gasteiger partial charge is 0.225 e. The van der Waals surface area contributed by atoms with E-state index in [1.165, 1.54) is 12.4 Å². The van der Waals surface area contributed by atoms with Crippen molar-refractivity contribution in [2.75, 3.05) is 24.7 Å². The lowest BCUT2D eigenvalue weighted by Gasteiger charge is -2.14. The van der Waals surface area contributed by atoms with E-state index in [1.54, 1.807) is 0 Å². The molecule has 1 aliphatic heterocycles. The highest BCUT2D eigenvalue weighted by atomic mass is 19.1. The van der Waals surface area contributed by atoms with Gasteiger partial charge in [0.25, 0.3) is 0 Å². The molecule has 1 saturated heterocycles. The molecule has 0 aromatic carbocycles. The molecule has 1 aromatic rings. The van der Waals surface area contributed by atoms with Crippen molar-refractivity contribution in [2.45, 2.75) is 6.42 Å². The fraction of sp³-hybridized carbons (Fsp3) is 0.500. The zero-order valence-electron chi connectivity index (χ0n) is 8.27. The summed E-state index contributed by atoms with van der Waals surface area (Å²) in [7, 11) is 0. The molecule has 5 heteroatoms. The SMILES string of the molecule is O=Cc1cnc(N2CCC(CF)C2)nc1. The Kier molecular flexibility index (Phi) is 2.89. The van der Waals surface area contributed by atoms with E-state index >= 15 is 0 Å². The summed E-state index contributed by atoms with van der Waals surface area (Å²) in [5.41, 5.74) is 0.458. The molecule has 0 spiro atoms. The normalized spacial score (nSPS) is 20.6. The highest BCUT2D eigenvalue weighted by Gasteiger charge is 2.23. The lowest BCUT2D eigenvalue weighted by atomic mass is 10.1. The van der Waals surface area contributed by atoms with E-state index in [0.717, 1.165) is 13.0 Å². The molecule has 1 fully saturated rings. The number of hydrogen-bond acceptors (Lipinski definition) is 4. The average Bonchev–Trinajstić information content (AvgIpc) is 2.78. The van der Waals surface area contributed by atoms with Crippen LogP contribution in [0.1, 0.15) is 16.8 Å². The van der Waals surface area contributed by atoms with Crippen molar-refractivity contribution < 1.29 is 9.18 Å². The highest BCUT2D eigenvalue weighted by molar-refractivity contribution is 5.73. The fourth-order valence-corrected chi connectivity index (χ4v) is 1.70. The van der Waals surface area contributed by atoms with Crippen LogP contribution in [0, 0.1) is 5.92 Å². The molecular weight excluding hydrogens is 197 g/mol. The number of nitrogens with zero attached hydrogens (tertiary/aromatic N) is 3. The third-order valence-electron chi connectivity index (χ3n) is 2.58. The van der Waals surface area contributed by atoms with Gasteiger partial charge in [-0.2, -0.15) is 0 Å². The van der Waals surface area contributed by atoms with Gasteiger partial charge in [-0.25, -0.2) is 9.97 Å². The van der Waals surface area contributed by atoms with E-state index in [-0.39, 0.29) is 12.6 Å². The number of carbonyl (C=O) groups excluding carboxylic acids is 1. The molecule has 0 amide bonds. The molecule has 0 saturated carbocycles. The molecule has 80 valence electrons. The number of aromatic nitrogens is 2. The van der Waals surface area contributed by atoms with Gasteiger partial charge in [0.1, 0.15) is 0 Å². The van der Waals surface area contributed by atoms with Crippen LogP contribution in [0.25, 0.3) is 0 Å². The van der Waals surface area contributed by atoms with Crippen LogP contribution in [0.2, 0.25) is 0 Å². The predicted molar refractivity (Wildman–Crippen MR) is 53.7 cm³/mol. The number of anilines is 1. The molecule has 2 heterocycles. The van der Waals surface area contributed by atoms with Crippen molar-refractivity contribution in [2.24, 2.45) is 5.92 Å². The topological polar surface area (TPSA) is 46.1 Å². The Morgan fingerprint density at radius 2 is 2.27 bits per heavy atom. The maximum Gasteiger partial charge on any atom is 0.225 e. The molecule has 0 N–H and O–H groups in total. The average molecular weight is 209 g/mol. The highest BCUT2D eigenvalue weighted by Crippen LogP contribution is 2.20. The first-order valence-electron chi connectivity index (χ1n) is 4.91. The minimum Gasteiger partial charge on any atom is -0.340 e. The van der Waals surface area contributed by atoms with Crippen molar-refractivity contribution in [3.63, 3.8) is 0 Å². The van der Waals surface area contributed by atoms with Gasteiger partial charge < -0.3 is 4.90 Å². The van der Waals surface area contributed by atoms with E-state index < -0.39 is 0 Å². The summed E-state index contributed by atoms with van der Waals surface area (Å²) >= 11 is 0. The Morgan fingerprint density at radius 3 is 2.80 bits per heavy atom. The van der Waals surface area contributed by atoms with Crippen molar-refractivity contribution in [1.82, 2.24) is 9.97 Å². The van der Waals surface area contributed by atoms with Crippen LogP contribution < -0.4 is 4.90 Å². The first-order chi connectivity index (χ1) is 7.33. The standard InChI is InChI=1S/C10H12FN3O/c11-3-8-1-2-14(6-8)10-12-4-9(7-15)5-13-10/h4-5,7-8H,1-3,6H2. The van der Waals surface area contributed by atoms with E-state index in [2.05, 4.69) is 9.97 Å². The van der Waals surface area contributed by atoms with E-state index in [4.69, 9.17) is 0 Å². The second-order valence-corrected chi connectivity index (χ2v) is 3.69. The maximum absolute atomic E-state index is 12.4. The van der Waals surface area contributed by atoms with Gasteiger partial charge in [-0.3, -0.25) is 9.18 Å². The molecule has 1 aromatic heterocycles. The van der Waals surface area contributed by atoms with Crippen LogP contribution in [0.3, 0.4) is 0 Å². The molecule has 0 aliphatic carbocycles. The zero-order valence-corrected chi connectivity index (χ0v) is 8.27. The lowest BCUT2D eigenvalue weighted by Crippen LogP contribution is -2.22. The molecule has 1 aliphatic rings. The van der Waals surface area contributed by atoms with Gasteiger partial charge in [0.15, 0.2) is 6.29 Å². The third-order valence-corrected chi connectivity index (χ3v) is 2.58. The van der Waals surface area contributed by atoms with Crippen LogP contribution in [0.5, 0.6) is 0 Å². The monoisotopic (exact) mass is 209 g/mol. The van der Waals surface area contributed by atoms with Crippen molar-refractivity contribution >= 4 is 12.2 Å². The minimum absolute atomic E-state index is 0.0966. The number of halogens is 1. The van der Waals surface area contributed by atoms with Crippen molar-refractivity contribution in [3.05, 3.63) is 18.0 Å². The van der Waals surface area contributed by atoms with Gasteiger partial charge in [0.05, 0.1) is 12.2 Å². The molecule has 0 radical (unpaired) electrons. The Labute approximate surface area is 87.1 Å². The van der Waals surface area contributed by atoms with Crippen LogP contribution in [-0.4, -0.2) is 36.0 Å². The number of rotatable bonds is 3. The number of alkyl halides is 1. The molecule has 4 nitrogen and oxygen atoms in total. The van der Waals surface area contributed by atoms with E-state index in [0.29, 0.717) is 24.3 Å². The Morgan fingerprint density at radius 1 is 1.53 bits per heavy atom. The quantitative estimate of drug-likeness (QED) is 0.699. The van der Waals surface area contributed by atoms with Gasteiger partial charge in [-0.15, -0.1) is 0 Å². The zero-order chi connectivity index (χ0) is 10.7. The van der Waals surface area contributed by atoms with Crippen LogP contribution >= 0.6 is 0 Å². The first kappa shape index (κ1) is 10.0. The maximum atomic E-state index is 12.4. The summed E-state index contributed by atoms with van der Waals surface area (Å²) in [5, 5.41) is 0. The van der Waals surface area contributed by atoms with Gasteiger partial charge in [0.2, 0.25) is 5.95 Å². The van der Waals surface area contributed by atoms with E-state index in [9.17, 15) is 9.18 Å². The molecular formula is C10H12FN3O. The molecule has 2 rings (SSSR count). The fourth-order valence-electron chi connectivity index (χ4n) is 1.70. The van der Waals surface area contributed by atoms with Crippen molar-refractivity contribution in [3.8, 4) is 0 Å². The Balaban J connectivity index is 2.07. The molecule has 1 unspecified atom stereocenters. The number of hydrogen-bond donors (Lipinski definition) is 0. The van der Waals surface area contributed by atoms with E-state index in [1.807, 2.05) is 4.90 Å². The summed E-state index contributed by atoms with van der Waals surface area (Å²) in [6.07, 6.45) is 4.52. The second-order valence-electron chi connectivity index (χ2n) is 3.69. The van der Waals surface area contributed by atoms with Crippen LogP contribution in [0.15, 0.2) is 12.4 Å². The summed E-state index contributed by atoms with van der Waals surface area (Å²) < 4.78 is 12.4. The first-order valence-corrected chi connectivity index (χ1v) is 4.91. The van der Waals surface area contributed by atoms with Crippen LogP contribution in [0.4, 0.5) is 10.3 Å². The van der Waals surface area contributed by atoms with Crippen molar-refractivity contribution in [1.29, 1.82) is 0 Å². The Hall–Kier alpha value is -1.52. The Bertz CT molecular complexity index is 341. The van der Waals surface area contributed by atoms with Crippen LogP contribution in [-0.2, 0) is 0 Å². The minimum atomic E-state index is -0.289. The second kappa shape index (κ2) is 4.33. The van der Waals surface area contributed by atoms with Gasteiger partial charge in [-0.1, -0.05) is 0 Å². The summed E-state index contributed by atoms with van der Waals surface area (Å²) in [6.45, 7) is 1.16. The number of aldehydes is 1. The number of carbonyl (C=O) groups is 1. The van der Waals surface area contributed by atoms with Gasteiger partial charge in [0, 0.05) is 31.4 Å².